The highest BCUT2D eigenvalue weighted by Gasteiger charge is 2.15. The molecule has 0 radical (unpaired) electrons. The van der Waals surface area contributed by atoms with Crippen LogP contribution >= 0.6 is 0 Å². The SMILES string of the molecule is COc1c(C)cc(N(C)CC(CN)C(C)C)cc1C. The van der Waals surface area contributed by atoms with Crippen LogP contribution in [-0.4, -0.2) is 27.2 Å². The first kappa shape index (κ1) is 15.8. The molecular formula is C16H28N2O. The average molecular weight is 264 g/mol. The second-order valence-corrected chi connectivity index (χ2v) is 5.73. The summed E-state index contributed by atoms with van der Waals surface area (Å²) in [7, 11) is 3.85. The van der Waals surface area contributed by atoms with Crippen molar-refractivity contribution >= 4 is 5.69 Å². The van der Waals surface area contributed by atoms with Crippen LogP contribution in [0.25, 0.3) is 0 Å². The monoisotopic (exact) mass is 264 g/mol. The van der Waals surface area contributed by atoms with E-state index >= 15 is 0 Å². The molecule has 1 atom stereocenters. The molecule has 0 aromatic heterocycles. The van der Waals surface area contributed by atoms with Crippen molar-refractivity contribution in [2.45, 2.75) is 27.7 Å². The van der Waals surface area contributed by atoms with Crippen LogP contribution in [0.4, 0.5) is 5.69 Å². The Morgan fingerprint density at radius 2 is 1.74 bits per heavy atom. The van der Waals surface area contributed by atoms with Crippen molar-refractivity contribution in [3.8, 4) is 5.75 Å². The highest BCUT2D eigenvalue weighted by Crippen LogP contribution is 2.29. The fourth-order valence-electron chi connectivity index (χ4n) is 2.48. The van der Waals surface area contributed by atoms with Crippen molar-refractivity contribution in [3.63, 3.8) is 0 Å². The van der Waals surface area contributed by atoms with Crippen LogP contribution in [0.2, 0.25) is 0 Å². The molecule has 108 valence electrons. The van der Waals surface area contributed by atoms with E-state index in [1.54, 1.807) is 7.11 Å². The number of nitrogens with zero attached hydrogens (tertiary/aromatic N) is 1. The van der Waals surface area contributed by atoms with Crippen LogP contribution in [0, 0.1) is 25.7 Å². The molecule has 1 rings (SSSR count). The van der Waals surface area contributed by atoms with Crippen LogP contribution in [0.1, 0.15) is 25.0 Å². The van der Waals surface area contributed by atoms with E-state index in [0.717, 1.165) is 18.8 Å². The van der Waals surface area contributed by atoms with Gasteiger partial charge in [0.1, 0.15) is 5.75 Å². The second kappa shape index (κ2) is 6.80. The third-order valence-electron chi connectivity index (χ3n) is 3.84. The van der Waals surface area contributed by atoms with Crippen molar-refractivity contribution < 1.29 is 4.74 Å². The lowest BCUT2D eigenvalue weighted by Crippen LogP contribution is -2.33. The molecule has 0 bridgehead atoms. The molecule has 0 aliphatic heterocycles. The summed E-state index contributed by atoms with van der Waals surface area (Å²) in [4.78, 5) is 2.29. The molecule has 0 saturated heterocycles. The number of aryl methyl sites for hydroxylation is 2. The zero-order valence-electron chi connectivity index (χ0n) is 13.2. The normalized spacial score (nSPS) is 12.6. The number of ether oxygens (including phenoxy) is 1. The van der Waals surface area contributed by atoms with Crippen molar-refractivity contribution in [1.29, 1.82) is 0 Å². The minimum Gasteiger partial charge on any atom is -0.496 e. The summed E-state index contributed by atoms with van der Waals surface area (Å²) in [6.07, 6.45) is 0. The van der Waals surface area contributed by atoms with Gasteiger partial charge in [-0.1, -0.05) is 13.8 Å². The maximum absolute atomic E-state index is 5.86. The number of rotatable bonds is 6. The number of methoxy groups -OCH3 is 1. The molecule has 1 aromatic carbocycles. The molecule has 0 aliphatic rings. The fourth-order valence-corrected chi connectivity index (χ4v) is 2.48. The van der Waals surface area contributed by atoms with Gasteiger partial charge in [0.05, 0.1) is 7.11 Å². The van der Waals surface area contributed by atoms with Gasteiger partial charge in [0.2, 0.25) is 0 Å². The molecule has 0 heterocycles. The Balaban J connectivity index is 2.91. The summed E-state index contributed by atoms with van der Waals surface area (Å²) in [6.45, 7) is 10.4. The van der Waals surface area contributed by atoms with Gasteiger partial charge in [-0.15, -0.1) is 0 Å². The van der Waals surface area contributed by atoms with Crippen LogP contribution < -0.4 is 15.4 Å². The molecule has 2 N–H and O–H groups in total. The Bertz CT molecular complexity index is 392. The van der Waals surface area contributed by atoms with Crippen LogP contribution in [-0.2, 0) is 0 Å². The van der Waals surface area contributed by atoms with Crippen molar-refractivity contribution in [2.75, 3.05) is 32.1 Å². The van der Waals surface area contributed by atoms with E-state index in [2.05, 4.69) is 51.8 Å². The van der Waals surface area contributed by atoms with Gasteiger partial charge in [0, 0.05) is 19.3 Å². The standard InChI is InChI=1S/C16H28N2O/c1-11(2)14(9-17)10-18(5)15-7-12(3)16(19-6)13(4)8-15/h7-8,11,14H,9-10,17H2,1-6H3. The maximum atomic E-state index is 5.86. The summed E-state index contributed by atoms with van der Waals surface area (Å²) in [5.41, 5.74) is 9.45. The Labute approximate surface area is 117 Å². The first-order valence-electron chi connectivity index (χ1n) is 6.97. The first-order chi connectivity index (χ1) is 8.90. The van der Waals surface area contributed by atoms with Crippen LogP contribution in [0.15, 0.2) is 12.1 Å². The Kier molecular flexibility index (Phi) is 5.67. The largest absolute Gasteiger partial charge is 0.496 e. The van der Waals surface area contributed by atoms with Crippen molar-refractivity contribution in [3.05, 3.63) is 23.3 Å². The van der Waals surface area contributed by atoms with Crippen molar-refractivity contribution in [1.82, 2.24) is 0 Å². The molecule has 0 amide bonds. The maximum Gasteiger partial charge on any atom is 0.124 e. The average Bonchev–Trinajstić information content (AvgIpc) is 2.34. The zero-order valence-corrected chi connectivity index (χ0v) is 13.2. The van der Waals surface area contributed by atoms with E-state index in [4.69, 9.17) is 10.5 Å². The summed E-state index contributed by atoms with van der Waals surface area (Å²) >= 11 is 0. The molecule has 3 heteroatoms. The van der Waals surface area contributed by atoms with E-state index in [1.165, 1.54) is 16.8 Å². The van der Waals surface area contributed by atoms with Crippen molar-refractivity contribution in [2.24, 2.45) is 17.6 Å². The number of hydrogen-bond donors (Lipinski definition) is 1. The Morgan fingerprint density at radius 3 is 2.11 bits per heavy atom. The summed E-state index contributed by atoms with van der Waals surface area (Å²) in [5.74, 6) is 2.11. The topological polar surface area (TPSA) is 38.5 Å². The van der Waals surface area contributed by atoms with Crippen LogP contribution in [0.5, 0.6) is 5.75 Å². The predicted octanol–water partition coefficient (Wildman–Crippen LogP) is 2.98. The lowest BCUT2D eigenvalue weighted by Gasteiger charge is -2.28. The molecule has 0 fully saturated rings. The smallest absolute Gasteiger partial charge is 0.124 e. The van der Waals surface area contributed by atoms with Gasteiger partial charge in [0.25, 0.3) is 0 Å². The summed E-state index contributed by atoms with van der Waals surface area (Å²) in [6, 6.07) is 4.36. The second-order valence-electron chi connectivity index (χ2n) is 5.73. The molecule has 0 saturated carbocycles. The van der Waals surface area contributed by atoms with E-state index in [-0.39, 0.29) is 0 Å². The summed E-state index contributed by atoms with van der Waals surface area (Å²) in [5, 5.41) is 0. The quantitative estimate of drug-likeness (QED) is 0.858. The van der Waals surface area contributed by atoms with Gasteiger partial charge in [-0.3, -0.25) is 0 Å². The minimum absolute atomic E-state index is 0.521. The van der Waals surface area contributed by atoms with Gasteiger partial charge >= 0.3 is 0 Å². The highest BCUT2D eigenvalue weighted by atomic mass is 16.5. The number of nitrogens with two attached hydrogens (primary N) is 1. The lowest BCUT2D eigenvalue weighted by molar-refractivity contribution is 0.397. The third kappa shape index (κ3) is 3.87. The Morgan fingerprint density at radius 1 is 1.21 bits per heavy atom. The summed E-state index contributed by atoms with van der Waals surface area (Å²) < 4.78 is 5.41. The first-order valence-corrected chi connectivity index (χ1v) is 6.97. The van der Waals surface area contributed by atoms with Crippen LogP contribution in [0.3, 0.4) is 0 Å². The van der Waals surface area contributed by atoms with E-state index in [0.29, 0.717) is 11.8 Å². The zero-order chi connectivity index (χ0) is 14.6. The highest BCUT2D eigenvalue weighted by molar-refractivity contribution is 5.56. The van der Waals surface area contributed by atoms with Gasteiger partial charge in [-0.2, -0.15) is 0 Å². The van der Waals surface area contributed by atoms with Gasteiger partial charge in [0.15, 0.2) is 0 Å². The molecule has 3 nitrogen and oxygen atoms in total. The molecule has 0 aliphatic carbocycles. The molecular weight excluding hydrogens is 236 g/mol. The Hall–Kier alpha value is -1.22. The molecule has 19 heavy (non-hydrogen) atoms. The predicted molar refractivity (Wildman–Crippen MR) is 83.1 cm³/mol. The van der Waals surface area contributed by atoms with E-state index < -0.39 is 0 Å². The lowest BCUT2D eigenvalue weighted by atomic mass is 9.95. The van der Waals surface area contributed by atoms with Gasteiger partial charge in [-0.05, 0) is 55.5 Å². The number of anilines is 1. The van der Waals surface area contributed by atoms with E-state index in [1.807, 2.05) is 0 Å². The number of benzene rings is 1. The third-order valence-corrected chi connectivity index (χ3v) is 3.84. The molecule has 0 spiro atoms. The number of hydrogen-bond acceptors (Lipinski definition) is 3. The van der Waals surface area contributed by atoms with E-state index in [9.17, 15) is 0 Å². The van der Waals surface area contributed by atoms with Gasteiger partial charge in [-0.25, -0.2) is 0 Å². The van der Waals surface area contributed by atoms with Gasteiger partial charge < -0.3 is 15.4 Å². The molecule has 1 aromatic rings. The minimum atomic E-state index is 0.521. The molecule has 1 unspecified atom stereocenters. The fraction of sp³-hybridized carbons (Fsp3) is 0.625.